The fourth-order valence-electron chi connectivity index (χ4n) is 2.93. The summed E-state index contributed by atoms with van der Waals surface area (Å²) in [4.78, 5) is 14.6. The number of benzene rings is 1. The molecule has 5 nitrogen and oxygen atoms in total. The van der Waals surface area contributed by atoms with Gasteiger partial charge in [0.25, 0.3) is 0 Å². The average molecular weight is 436 g/mol. The highest BCUT2D eigenvalue weighted by atomic mass is 79.9. The lowest BCUT2D eigenvalue weighted by Crippen LogP contribution is -2.35. The quantitative estimate of drug-likeness (QED) is 0.713. The predicted molar refractivity (Wildman–Crippen MR) is 106 cm³/mol. The minimum Gasteiger partial charge on any atom is -0.490 e. The Labute approximate surface area is 164 Å². The molecule has 0 radical (unpaired) electrons. The number of rotatable bonds is 7. The van der Waals surface area contributed by atoms with E-state index in [0.29, 0.717) is 37.7 Å². The number of ether oxygens (including phenoxy) is 2. The molecule has 0 aliphatic carbocycles. The van der Waals surface area contributed by atoms with Crippen LogP contribution in [-0.4, -0.2) is 43.7 Å². The van der Waals surface area contributed by atoms with Gasteiger partial charge in [-0.15, -0.1) is 12.4 Å². The zero-order valence-corrected chi connectivity index (χ0v) is 17.5. The maximum absolute atomic E-state index is 12.6. The SMILES string of the molecule is CCOc1cc(Br)c(CC(=O)N2CCC(C)(CN)C2)cc1OCC.Cl. The Morgan fingerprint density at radius 3 is 2.40 bits per heavy atom. The minimum atomic E-state index is 0. The van der Waals surface area contributed by atoms with Crippen LogP contribution in [0.25, 0.3) is 0 Å². The molecule has 1 heterocycles. The van der Waals surface area contributed by atoms with Crippen LogP contribution in [0.4, 0.5) is 0 Å². The molecule has 1 aromatic rings. The van der Waals surface area contributed by atoms with Gasteiger partial charge in [-0.05, 0) is 49.9 Å². The van der Waals surface area contributed by atoms with Crippen LogP contribution in [0.2, 0.25) is 0 Å². The van der Waals surface area contributed by atoms with E-state index < -0.39 is 0 Å². The summed E-state index contributed by atoms with van der Waals surface area (Å²) in [6.45, 7) is 9.24. The molecule has 1 aromatic carbocycles. The number of halogens is 2. The Morgan fingerprint density at radius 2 is 1.88 bits per heavy atom. The molecular formula is C18H28BrClN2O3. The predicted octanol–water partition coefficient (Wildman–Crippen LogP) is 3.41. The highest BCUT2D eigenvalue weighted by Gasteiger charge is 2.34. The summed E-state index contributed by atoms with van der Waals surface area (Å²) in [5.41, 5.74) is 6.78. The third-order valence-electron chi connectivity index (χ3n) is 4.46. The van der Waals surface area contributed by atoms with Crippen molar-refractivity contribution in [2.45, 2.75) is 33.6 Å². The lowest BCUT2D eigenvalue weighted by Gasteiger charge is -2.23. The van der Waals surface area contributed by atoms with Crippen LogP contribution in [0, 0.1) is 5.41 Å². The Bertz CT molecular complexity index is 600. The number of likely N-dealkylation sites (tertiary alicyclic amines) is 1. The highest BCUT2D eigenvalue weighted by Crippen LogP contribution is 2.35. The van der Waals surface area contributed by atoms with E-state index in [1.165, 1.54) is 0 Å². The van der Waals surface area contributed by atoms with Gasteiger partial charge in [-0.2, -0.15) is 0 Å². The van der Waals surface area contributed by atoms with E-state index in [0.717, 1.165) is 29.5 Å². The van der Waals surface area contributed by atoms with Gasteiger partial charge in [0.1, 0.15) is 0 Å². The van der Waals surface area contributed by atoms with Crippen LogP contribution in [0.15, 0.2) is 16.6 Å². The number of nitrogens with zero attached hydrogens (tertiary/aromatic N) is 1. The maximum Gasteiger partial charge on any atom is 0.227 e. The molecular weight excluding hydrogens is 408 g/mol. The molecule has 0 aromatic heterocycles. The van der Waals surface area contributed by atoms with Gasteiger partial charge in [0.05, 0.1) is 19.6 Å². The number of hydrogen-bond donors (Lipinski definition) is 1. The van der Waals surface area contributed by atoms with Gasteiger partial charge in [-0.25, -0.2) is 0 Å². The van der Waals surface area contributed by atoms with Crippen LogP contribution in [0.1, 0.15) is 32.8 Å². The van der Waals surface area contributed by atoms with Gasteiger partial charge in [0.2, 0.25) is 5.91 Å². The number of carbonyl (C=O) groups is 1. The Hall–Kier alpha value is -0.980. The number of hydrogen-bond acceptors (Lipinski definition) is 4. The summed E-state index contributed by atoms with van der Waals surface area (Å²) in [7, 11) is 0. The van der Waals surface area contributed by atoms with Crippen molar-refractivity contribution in [1.29, 1.82) is 0 Å². The minimum absolute atomic E-state index is 0. The van der Waals surface area contributed by atoms with E-state index >= 15 is 0 Å². The second kappa shape index (κ2) is 9.64. The molecule has 142 valence electrons. The average Bonchev–Trinajstić information content (AvgIpc) is 2.95. The number of amides is 1. The summed E-state index contributed by atoms with van der Waals surface area (Å²) in [6.07, 6.45) is 1.30. The lowest BCUT2D eigenvalue weighted by atomic mass is 9.90. The first-order valence-electron chi connectivity index (χ1n) is 8.48. The van der Waals surface area contributed by atoms with Crippen molar-refractivity contribution >= 4 is 34.2 Å². The van der Waals surface area contributed by atoms with Gasteiger partial charge >= 0.3 is 0 Å². The molecule has 7 heteroatoms. The van der Waals surface area contributed by atoms with Crippen LogP contribution >= 0.6 is 28.3 Å². The molecule has 2 rings (SSSR count). The molecule has 0 bridgehead atoms. The molecule has 25 heavy (non-hydrogen) atoms. The second-order valence-corrected chi connectivity index (χ2v) is 7.37. The lowest BCUT2D eigenvalue weighted by molar-refractivity contribution is -0.129. The van der Waals surface area contributed by atoms with E-state index in [4.69, 9.17) is 15.2 Å². The molecule has 1 aliphatic rings. The molecule has 1 unspecified atom stereocenters. The zero-order valence-electron chi connectivity index (χ0n) is 15.1. The van der Waals surface area contributed by atoms with Crippen molar-refractivity contribution in [3.05, 3.63) is 22.2 Å². The van der Waals surface area contributed by atoms with Crippen molar-refractivity contribution in [2.75, 3.05) is 32.8 Å². The monoisotopic (exact) mass is 434 g/mol. The van der Waals surface area contributed by atoms with Gasteiger partial charge < -0.3 is 20.1 Å². The maximum atomic E-state index is 12.6. The third-order valence-corrected chi connectivity index (χ3v) is 5.20. The first kappa shape index (κ1) is 22.1. The first-order valence-corrected chi connectivity index (χ1v) is 9.27. The number of carbonyl (C=O) groups excluding carboxylic acids is 1. The first-order chi connectivity index (χ1) is 11.4. The second-order valence-electron chi connectivity index (χ2n) is 6.51. The molecule has 1 amide bonds. The van der Waals surface area contributed by atoms with Crippen LogP contribution in [0.3, 0.4) is 0 Å². The van der Waals surface area contributed by atoms with E-state index in [1.807, 2.05) is 30.9 Å². The van der Waals surface area contributed by atoms with E-state index in [1.54, 1.807) is 0 Å². The third kappa shape index (κ3) is 5.50. The summed E-state index contributed by atoms with van der Waals surface area (Å²) in [5.74, 6) is 1.50. The molecule has 2 N–H and O–H groups in total. The number of nitrogens with two attached hydrogens (primary N) is 1. The summed E-state index contributed by atoms with van der Waals surface area (Å²) in [5, 5.41) is 0. The van der Waals surface area contributed by atoms with Crippen molar-refractivity contribution in [1.82, 2.24) is 4.90 Å². The topological polar surface area (TPSA) is 64.8 Å². The molecule has 1 atom stereocenters. The summed E-state index contributed by atoms with van der Waals surface area (Å²) >= 11 is 3.55. The van der Waals surface area contributed by atoms with Crippen molar-refractivity contribution in [2.24, 2.45) is 11.1 Å². The van der Waals surface area contributed by atoms with E-state index in [2.05, 4.69) is 22.9 Å². The molecule has 1 saturated heterocycles. The van der Waals surface area contributed by atoms with E-state index in [9.17, 15) is 4.79 Å². The molecule has 1 aliphatic heterocycles. The normalized spacial score (nSPS) is 19.5. The smallest absolute Gasteiger partial charge is 0.227 e. The van der Waals surface area contributed by atoms with Gasteiger partial charge in [-0.1, -0.05) is 22.9 Å². The van der Waals surface area contributed by atoms with Gasteiger partial charge in [0.15, 0.2) is 11.5 Å². The fourth-order valence-corrected chi connectivity index (χ4v) is 3.39. The van der Waals surface area contributed by atoms with Crippen molar-refractivity contribution in [3.63, 3.8) is 0 Å². The Morgan fingerprint density at radius 1 is 1.28 bits per heavy atom. The highest BCUT2D eigenvalue weighted by molar-refractivity contribution is 9.10. The summed E-state index contributed by atoms with van der Waals surface area (Å²) < 4.78 is 12.1. The molecule has 0 spiro atoms. The largest absolute Gasteiger partial charge is 0.490 e. The van der Waals surface area contributed by atoms with Gasteiger partial charge in [0, 0.05) is 17.6 Å². The van der Waals surface area contributed by atoms with Crippen LogP contribution < -0.4 is 15.2 Å². The molecule has 1 fully saturated rings. The van der Waals surface area contributed by atoms with Crippen molar-refractivity contribution < 1.29 is 14.3 Å². The van der Waals surface area contributed by atoms with Gasteiger partial charge in [-0.3, -0.25) is 4.79 Å². The Kier molecular flexibility index (Phi) is 8.51. The Balaban J connectivity index is 0.00000312. The van der Waals surface area contributed by atoms with Crippen LogP contribution in [-0.2, 0) is 11.2 Å². The standard InChI is InChI=1S/C18H27BrN2O3.ClH/c1-4-23-15-8-13(14(19)10-16(15)24-5-2)9-17(22)21-7-6-18(3,11-20)12-21;/h8,10H,4-7,9,11-12,20H2,1-3H3;1H. The summed E-state index contributed by atoms with van der Waals surface area (Å²) in [6, 6.07) is 3.78. The van der Waals surface area contributed by atoms with E-state index in [-0.39, 0.29) is 23.7 Å². The van der Waals surface area contributed by atoms with Crippen molar-refractivity contribution in [3.8, 4) is 11.5 Å². The molecule has 0 saturated carbocycles. The fraction of sp³-hybridized carbons (Fsp3) is 0.611. The van der Waals surface area contributed by atoms with Crippen LogP contribution in [0.5, 0.6) is 11.5 Å². The zero-order chi connectivity index (χ0) is 17.7.